The molecule has 2 N–H and O–H groups in total. The number of hydrogen-bond donors (Lipinski definition) is 2. The van der Waals surface area contributed by atoms with Crippen molar-refractivity contribution in [2.75, 3.05) is 7.05 Å². The highest BCUT2D eigenvalue weighted by molar-refractivity contribution is 5.95. The summed E-state index contributed by atoms with van der Waals surface area (Å²) in [5, 5.41) is 9.55. The summed E-state index contributed by atoms with van der Waals surface area (Å²) in [5.41, 5.74) is 3.62. The van der Waals surface area contributed by atoms with Crippen molar-refractivity contribution in [3.63, 3.8) is 0 Å². The van der Waals surface area contributed by atoms with Crippen molar-refractivity contribution in [2.45, 2.75) is 6.92 Å². The van der Waals surface area contributed by atoms with Gasteiger partial charge in [-0.3, -0.25) is 9.59 Å². The van der Waals surface area contributed by atoms with Gasteiger partial charge in [0.15, 0.2) is 0 Å². The van der Waals surface area contributed by atoms with E-state index in [4.69, 9.17) is 4.74 Å². The van der Waals surface area contributed by atoms with Gasteiger partial charge in [0, 0.05) is 29.3 Å². The number of nitrogens with zero attached hydrogens (tertiary/aromatic N) is 1. The second kappa shape index (κ2) is 8.67. The van der Waals surface area contributed by atoms with E-state index in [-0.39, 0.29) is 11.5 Å². The molecule has 0 saturated heterocycles. The molecule has 0 atom stereocenters. The maximum atomic E-state index is 12.4. The number of carbonyl (C=O) groups is 1. The minimum absolute atomic E-state index is 0.172. The molecule has 0 aliphatic carbocycles. The van der Waals surface area contributed by atoms with Crippen LogP contribution in [0.1, 0.15) is 15.9 Å². The lowest BCUT2D eigenvalue weighted by Crippen LogP contribution is -2.17. The Morgan fingerprint density at radius 1 is 0.935 bits per heavy atom. The second-order valence-corrected chi connectivity index (χ2v) is 6.97. The van der Waals surface area contributed by atoms with Crippen LogP contribution >= 0.6 is 0 Å². The van der Waals surface area contributed by atoms with Gasteiger partial charge in [-0.25, -0.2) is 5.10 Å². The van der Waals surface area contributed by atoms with Crippen molar-refractivity contribution in [1.29, 1.82) is 0 Å². The number of para-hydroxylation sites is 2. The van der Waals surface area contributed by atoms with Crippen molar-refractivity contribution in [3.05, 3.63) is 100 Å². The molecular formula is C25H21N3O3. The summed E-state index contributed by atoms with van der Waals surface area (Å²) >= 11 is 0. The van der Waals surface area contributed by atoms with Crippen LogP contribution in [0.15, 0.2) is 83.7 Å². The molecule has 6 nitrogen and oxygen atoms in total. The van der Waals surface area contributed by atoms with Gasteiger partial charge in [-0.15, -0.1) is 0 Å². The van der Waals surface area contributed by atoms with Crippen LogP contribution in [0.25, 0.3) is 22.4 Å². The van der Waals surface area contributed by atoms with Crippen LogP contribution in [0.2, 0.25) is 0 Å². The summed E-state index contributed by atoms with van der Waals surface area (Å²) in [5.74, 6) is 1.15. The van der Waals surface area contributed by atoms with E-state index in [0.29, 0.717) is 33.9 Å². The van der Waals surface area contributed by atoms with Crippen molar-refractivity contribution < 1.29 is 9.53 Å². The zero-order chi connectivity index (χ0) is 21.8. The smallest absolute Gasteiger partial charge is 0.267 e. The predicted molar refractivity (Wildman–Crippen MR) is 120 cm³/mol. The van der Waals surface area contributed by atoms with Crippen LogP contribution in [0.5, 0.6) is 11.5 Å². The van der Waals surface area contributed by atoms with E-state index < -0.39 is 0 Å². The Bertz CT molecular complexity index is 1280. The molecule has 154 valence electrons. The number of carbonyl (C=O) groups excluding carboxylic acids is 1. The van der Waals surface area contributed by atoms with Gasteiger partial charge >= 0.3 is 0 Å². The third-order valence-corrected chi connectivity index (χ3v) is 5.00. The molecule has 0 unspecified atom stereocenters. The molecule has 6 heteroatoms. The molecule has 0 aliphatic heterocycles. The summed E-state index contributed by atoms with van der Waals surface area (Å²) in [7, 11) is 1.59. The van der Waals surface area contributed by atoms with E-state index in [1.54, 1.807) is 26.1 Å². The number of ether oxygens (including phenoxy) is 1. The zero-order valence-electron chi connectivity index (χ0n) is 17.2. The van der Waals surface area contributed by atoms with Crippen molar-refractivity contribution in [2.24, 2.45) is 0 Å². The van der Waals surface area contributed by atoms with E-state index in [0.717, 1.165) is 11.1 Å². The lowest BCUT2D eigenvalue weighted by Gasteiger charge is -2.15. The summed E-state index contributed by atoms with van der Waals surface area (Å²) < 4.78 is 6.11. The van der Waals surface area contributed by atoms with Gasteiger partial charge in [-0.05, 0) is 48.9 Å². The molecular weight excluding hydrogens is 390 g/mol. The highest BCUT2D eigenvalue weighted by Crippen LogP contribution is 2.38. The third kappa shape index (κ3) is 4.09. The van der Waals surface area contributed by atoms with Gasteiger partial charge in [0.25, 0.3) is 11.5 Å². The SMILES string of the molecule is CNC(=O)c1ccc(-c2c(-c3ccccc3Oc3ccccc3)n[nH]c(=O)c2C)cc1. The number of amides is 1. The lowest BCUT2D eigenvalue weighted by molar-refractivity contribution is 0.0963. The van der Waals surface area contributed by atoms with Gasteiger partial charge in [0.2, 0.25) is 0 Å². The van der Waals surface area contributed by atoms with E-state index >= 15 is 0 Å². The number of hydrogen-bond acceptors (Lipinski definition) is 4. The topological polar surface area (TPSA) is 84.1 Å². The summed E-state index contributed by atoms with van der Waals surface area (Å²) in [6, 6.07) is 24.1. The van der Waals surface area contributed by atoms with E-state index in [1.165, 1.54) is 0 Å². The van der Waals surface area contributed by atoms with Crippen LogP contribution in [0.4, 0.5) is 0 Å². The van der Waals surface area contributed by atoms with Gasteiger partial charge in [0.05, 0.1) is 0 Å². The number of rotatable bonds is 5. The van der Waals surface area contributed by atoms with Crippen molar-refractivity contribution >= 4 is 5.91 Å². The standard InChI is InChI=1S/C25H21N3O3/c1-16-22(17-12-14-18(15-13-17)25(30)26-2)23(27-28-24(16)29)20-10-6-7-11-21(20)31-19-8-4-3-5-9-19/h3-15H,1-2H3,(H,26,30)(H,28,29). The highest BCUT2D eigenvalue weighted by Gasteiger charge is 2.18. The fourth-order valence-corrected chi connectivity index (χ4v) is 3.39. The van der Waals surface area contributed by atoms with Gasteiger partial charge < -0.3 is 10.1 Å². The molecule has 0 fully saturated rings. The fourth-order valence-electron chi connectivity index (χ4n) is 3.39. The van der Waals surface area contributed by atoms with E-state index in [1.807, 2.05) is 66.7 Å². The maximum Gasteiger partial charge on any atom is 0.267 e. The molecule has 0 saturated carbocycles. The monoisotopic (exact) mass is 411 g/mol. The molecule has 1 aromatic heterocycles. The van der Waals surface area contributed by atoms with Crippen molar-refractivity contribution in [3.8, 4) is 33.9 Å². The predicted octanol–water partition coefficient (Wildman–Crippen LogP) is 4.56. The Hall–Kier alpha value is -4.19. The Balaban J connectivity index is 1.85. The Labute approximate surface area is 179 Å². The summed E-state index contributed by atoms with van der Waals surface area (Å²) in [4.78, 5) is 24.3. The maximum absolute atomic E-state index is 12.4. The van der Waals surface area contributed by atoms with Crippen LogP contribution in [0.3, 0.4) is 0 Å². The highest BCUT2D eigenvalue weighted by atomic mass is 16.5. The number of H-pyrrole nitrogens is 1. The lowest BCUT2D eigenvalue weighted by atomic mass is 9.95. The molecule has 0 bridgehead atoms. The molecule has 4 rings (SSSR count). The molecule has 0 radical (unpaired) electrons. The minimum Gasteiger partial charge on any atom is -0.457 e. The number of nitrogens with one attached hydrogen (secondary N) is 2. The first kappa shape index (κ1) is 20.1. The summed E-state index contributed by atoms with van der Waals surface area (Å²) in [6.07, 6.45) is 0. The molecule has 3 aromatic carbocycles. The molecule has 1 amide bonds. The first-order valence-corrected chi connectivity index (χ1v) is 9.82. The number of benzene rings is 3. The van der Waals surface area contributed by atoms with Gasteiger partial charge in [0.1, 0.15) is 17.2 Å². The average Bonchev–Trinajstić information content (AvgIpc) is 2.81. The largest absolute Gasteiger partial charge is 0.457 e. The second-order valence-electron chi connectivity index (χ2n) is 6.97. The minimum atomic E-state index is -0.268. The molecule has 1 heterocycles. The first-order chi connectivity index (χ1) is 15.1. The zero-order valence-corrected chi connectivity index (χ0v) is 17.2. The van der Waals surface area contributed by atoms with Crippen molar-refractivity contribution in [1.82, 2.24) is 15.5 Å². The first-order valence-electron chi connectivity index (χ1n) is 9.82. The van der Waals surface area contributed by atoms with Crippen LogP contribution < -0.4 is 15.6 Å². The fraction of sp³-hybridized carbons (Fsp3) is 0.0800. The Morgan fingerprint density at radius 2 is 1.61 bits per heavy atom. The molecule has 31 heavy (non-hydrogen) atoms. The van der Waals surface area contributed by atoms with Crippen LogP contribution in [-0.4, -0.2) is 23.2 Å². The Kier molecular flexibility index (Phi) is 5.62. The Morgan fingerprint density at radius 3 is 2.32 bits per heavy atom. The summed E-state index contributed by atoms with van der Waals surface area (Å²) in [6.45, 7) is 1.76. The normalized spacial score (nSPS) is 10.5. The molecule has 0 aliphatic rings. The number of aromatic amines is 1. The van der Waals surface area contributed by atoms with E-state index in [2.05, 4.69) is 15.5 Å². The van der Waals surface area contributed by atoms with E-state index in [9.17, 15) is 9.59 Å². The molecule has 4 aromatic rings. The van der Waals surface area contributed by atoms with Crippen LogP contribution in [0, 0.1) is 6.92 Å². The van der Waals surface area contributed by atoms with Gasteiger partial charge in [-0.1, -0.05) is 42.5 Å². The molecule has 0 spiro atoms. The number of aromatic nitrogens is 2. The average molecular weight is 411 g/mol. The third-order valence-electron chi connectivity index (χ3n) is 5.00. The van der Waals surface area contributed by atoms with Crippen LogP contribution in [-0.2, 0) is 0 Å². The quantitative estimate of drug-likeness (QED) is 0.504. The van der Waals surface area contributed by atoms with Gasteiger partial charge in [-0.2, -0.15) is 5.10 Å².